The number of rotatable bonds is 1. The second-order valence-corrected chi connectivity index (χ2v) is 6.43. The Kier molecular flexibility index (Phi) is 4.08. The summed E-state index contributed by atoms with van der Waals surface area (Å²) < 4.78 is 5.63. The molecule has 1 spiro atoms. The molecule has 0 bridgehead atoms. The summed E-state index contributed by atoms with van der Waals surface area (Å²) in [4.78, 5) is 14.5. The van der Waals surface area contributed by atoms with E-state index in [0.29, 0.717) is 5.41 Å². The van der Waals surface area contributed by atoms with E-state index >= 15 is 0 Å². The molecule has 3 rings (SSSR count). The molecule has 3 aliphatic heterocycles. The maximum absolute atomic E-state index is 12.4. The van der Waals surface area contributed by atoms with Crippen LogP contribution in [0, 0.1) is 5.41 Å². The van der Waals surface area contributed by atoms with Gasteiger partial charge in [0.1, 0.15) is 6.10 Å². The molecule has 4 nitrogen and oxygen atoms in total. The van der Waals surface area contributed by atoms with Crippen molar-refractivity contribution in [2.24, 2.45) is 5.41 Å². The van der Waals surface area contributed by atoms with E-state index in [2.05, 4.69) is 10.2 Å². The van der Waals surface area contributed by atoms with Gasteiger partial charge in [0.15, 0.2) is 0 Å². The van der Waals surface area contributed by atoms with E-state index in [9.17, 15) is 4.79 Å². The molecule has 1 N–H and O–H groups in total. The van der Waals surface area contributed by atoms with Crippen LogP contribution in [0.25, 0.3) is 0 Å². The lowest BCUT2D eigenvalue weighted by Crippen LogP contribution is -2.50. The van der Waals surface area contributed by atoms with E-state index < -0.39 is 0 Å². The lowest BCUT2D eigenvalue weighted by molar-refractivity contribution is -0.149. The minimum atomic E-state index is -0.143. The quantitative estimate of drug-likeness (QED) is 0.783. The molecule has 19 heavy (non-hydrogen) atoms. The largest absolute Gasteiger partial charge is 0.368 e. The molecule has 108 valence electrons. The smallest absolute Gasteiger partial charge is 0.251 e. The van der Waals surface area contributed by atoms with Gasteiger partial charge in [-0.05, 0) is 63.5 Å². The maximum Gasteiger partial charge on any atom is 0.251 e. The molecule has 3 aliphatic rings. The predicted molar refractivity (Wildman–Crippen MR) is 73.9 cm³/mol. The van der Waals surface area contributed by atoms with Gasteiger partial charge in [0.05, 0.1) is 0 Å². The summed E-state index contributed by atoms with van der Waals surface area (Å²) in [6, 6.07) is 0. The number of piperidine rings is 2. The molecule has 0 aromatic carbocycles. The zero-order valence-electron chi connectivity index (χ0n) is 11.8. The van der Waals surface area contributed by atoms with Crippen molar-refractivity contribution in [3.05, 3.63) is 0 Å². The van der Waals surface area contributed by atoms with Crippen molar-refractivity contribution >= 4 is 5.91 Å². The van der Waals surface area contributed by atoms with Gasteiger partial charge < -0.3 is 15.0 Å². The number of nitrogens with one attached hydrogen (secondary N) is 1. The fraction of sp³-hybridized carbons (Fsp3) is 0.933. The van der Waals surface area contributed by atoms with Crippen LogP contribution in [0.1, 0.15) is 44.9 Å². The minimum Gasteiger partial charge on any atom is -0.368 e. The van der Waals surface area contributed by atoms with Crippen LogP contribution >= 0.6 is 0 Å². The summed E-state index contributed by atoms with van der Waals surface area (Å²) in [6.07, 6.45) is 7.98. The van der Waals surface area contributed by atoms with Crippen LogP contribution in [0.15, 0.2) is 0 Å². The fourth-order valence-corrected chi connectivity index (χ4v) is 3.80. The Morgan fingerprint density at radius 2 is 1.84 bits per heavy atom. The van der Waals surface area contributed by atoms with Crippen molar-refractivity contribution < 1.29 is 9.53 Å². The molecule has 3 fully saturated rings. The van der Waals surface area contributed by atoms with Crippen LogP contribution in [0.2, 0.25) is 0 Å². The molecule has 0 aliphatic carbocycles. The third-order valence-corrected chi connectivity index (χ3v) is 5.26. The van der Waals surface area contributed by atoms with E-state index in [-0.39, 0.29) is 12.0 Å². The first-order chi connectivity index (χ1) is 9.29. The summed E-state index contributed by atoms with van der Waals surface area (Å²) in [5.74, 6) is 0.253. The van der Waals surface area contributed by atoms with E-state index in [1.807, 2.05) is 0 Å². The second kappa shape index (κ2) is 5.80. The zero-order chi connectivity index (χ0) is 13.1. The van der Waals surface area contributed by atoms with Gasteiger partial charge >= 0.3 is 0 Å². The van der Waals surface area contributed by atoms with E-state index in [0.717, 1.165) is 52.0 Å². The molecule has 3 heterocycles. The molecular weight excluding hydrogens is 240 g/mol. The Hall–Kier alpha value is -0.610. The number of hydrogen-bond acceptors (Lipinski definition) is 3. The minimum absolute atomic E-state index is 0.143. The van der Waals surface area contributed by atoms with Gasteiger partial charge in [-0.3, -0.25) is 4.79 Å². The van der Waals surface area contributed by atoms with Crippen LogP contribution in [-0.2, 0) is 9.53 Å². The van der Waals surface area contributed by atoms with Crippen LogP contribution < -0.4 is 5.32 Å². The summed E-state index contributed by atoms with van der Waals surface area (Å²) in [5.41, 5.74) is 0.523. The third kappa shape index (κ3) is 2.95. The molecule has 1 unspecified atom stereocenters. The molecule has 0 aromatic rings. The number of hydrogen-bond donors (Lipinski definition) is 1. The van der Waals surface area contributed by atoms with Crippen molar-refractivity contribution in [2.75, 3.05) is 32.8 Å². The van der Waals surface area contributed by atoms with Crippen molar-refractivity contribution in [2.45, 2.75) is 51.0 Å². The number of likely N-dealkylation sites (tertiary alicyclic amines) is 1. The van der Waals surface area contributed by atoms with Gasteiger partial charge in [0, 0.05) is 19.7 Å². The molecule has 0 radical (unpaired) electrons. The van der Waals surface area contributed by atoms with Gasteiger partial charge in [-0.15, -0.1) is 0 Å². The number of carbonyl (C=O) groups excluding carboxylic acids is 1. The Bertz CT molecular complexity index is 310. The van der Waals surface area contributed by atoms with Gasteiger partial charge in [-0.1, -0.05) is 0 Å². The number of ether oxygens (including phenoxy) is 1. The van der Waals surface area contributed by atoms with Gasteiger partial charge in [0.25, 0.3) is 5.91 Å². The highest BCUT2D eigenvalue weighted by Crippen LogP contribution is 2.39. The average Bonchev–Trinajstić information content (AvgIpc) is 2.49. The number of carbonyl (C=O) groups is 1. The van der Waals surface area contributed by atoms with Crippen molar-refractivity contribution in [3.63, 3.8) is 0 Å². The Morgan fingerprint density at radius 3 is 2.47 bits per heavy atom. The second-order valence-electron chi connectivity index (χ2n) is 6.43. The fourth-order valence-electron chi connectivity index (χ4n) is 3.80. The highest BCUT2D eigenvalue weighted by Gasteiger charge is 2.38. The molecule has 1 amide bonds. The van der Waals surface area contributed by atoms with Crippen LogP contribution in [0.3, 0.4) is 0 Å². The monoisotopic (exact) mass is 266 g/mol. The Labute approximate surface area is 115 Å². The third-order valence-electron chi connectivity index (χ3n) is 5.26. The molecular formula is C15H26N2O2. The first-order valence-corrected chi connectivity index (χ1v) is 7.90. The standard InChI is InChI=1S/C15H26N2O2/c18-14(13-3-1-2-12-19-13)17-10-6-15(7-11-17)4-8-16-9-5-15/h13,16H,1-12H2. The normalized spacial score (nSPS) is 31.4. The molecule has 4 heteroatoms. The number of amides is 1. The lowest BCUT2D eigenvalue weighted by atomic mass is 9.71. The first kappa shape index (κ1) is 13.4. The topological polar surface area (TPSA) is 41.6 Å². The van der Waals surface area contributed by atoms with E-state index in [4.69, 9.17) is 4.74 Å². The van der Waals surface area contributed by atoms with Gasteiger partial charge in [-0.2, -0.15) is 0 Å². The van der Waals surface area contributed by atoms with Crippen molar-refractivity contribution in [1.29, 1.82) is 0 Å². The molecule has 1 atom stereocenters. The summed E-state index contributed by atoms with van der Waals surface area (Å²) in [7, 11) is 0. The van der Waals surface area contributed by atoms with Crippen LogP contribution in [0.5, 0.6) is 0 Å². The van der Waals surface area contributed by atoms with Gasteiger partial charge in [-0.25, -0.2) is 0 Å². The van der Waals surface area contributed by atoms with Crippen LogP contribution in [-0.4, -0.2) is 49.7 Å². The summed E-state index contributed by atoms with van der Waals surface area (Å²) >= 11 is 0. The summed E-state index contributed by atoms with van der Waals surface area (Å²) in [5, 5.41) is 3.44. The van der Waals surface area contributed by atoms with Gasteiger partial charge in [0.2, 0.25) is 0 Å². The average molecular weight is 266 g/mol. The SMILES string of the molecule is O=C(C1CCCCO1)N1CCC2(CCNCC2)CC1. The lowest BCUT2D eigenvalue weighted by Gasteiger charge is -2.45. The molecule has 0 aromatic heterocycles. The first-order valence-electron chi connectivity index (χ1n) is 7.90. The number of nitrogens with zero attached hydrogens (tertiary/aromatic N) is 1. The zero-order valence-corrected chi connectivity index (χ0v) is 11.8. The highest BCUT2D eigenvalue weighted by molar-refractivity contribution is 5.81. The molecule has 3 saturated heterocycles. The van der Waals surface area contributed by atoms with Crippen molar-refractivity contribution in [1.82, 2.24) is 10.2 Å². The maximum atomic E-state index is 12.4. The van der Waals surface area contributed by atoms with Crippen molar-refractivity contribution in [3.8, 4) is 0 Å². The van der Waals surface area contributed by atoms with Crippen LogP contribution in [0.4, 0.5) is 0 Å². The Morgan fingerprint density at radius 1 is 1.11 bits per heavy atom. The molecule has 0 saturated carbocycles. The van der Waals surface area contributed by atoms with E-state index in [1.54, 1.807) is 0 Å². The highest BCUT2D eigenvalue weighted by atomic mass is 16.5. The predicted octanol–water partition coefficient (Wildman–Crippen LogP) is 1.55. The Balaban J connectivity index is 1.52. The summed E-state index contributed by atoms with van der Waals surface area (Å²) in [6.45, 7) is 4.95. The van der Waals surface area contributed by atoms with E-state index in [1.165, 1.54) is 25.7 Å².